The van der Waals surface area contributed by atoms with Gasteiger partial charge in [-0.25, -0.2) is 0 Å². The number of carbonyl (C=O) groups is 1. The van der Waals surface area contributed by atoms with Crippen LogP contribution in [0, 0.1) is 5.41 Å². The Bertz CT molecular complexity index is 687. The van der Waals surface area contributed by atoms with E-state index in [-0.39, 0.29) is 23.6 Å². The molecule has 0 radical (unpaired) electrons. The Morgan fingerprint density at radius 2 is 2.04 bits per heavy atom. The number of carbonyl (C=O) groups excluding carboxylic acids is 1. The first-order chi connectivity index (χ1) is 11.7. The third-order valence-electron chi connectivity index (χ3n) is 4.74. The van der Waals surface area contributed by atoms with Crippen molar-refractivity contribution >= 4 is 5.91 Å². The minimum atomic E-state index is -0.279. The van der Waals surface area contributed by atoms with Crippen LogP contribution in [0.15, 0.2) is 34.9 Å². The molecule has 1 fully saturated rings. The lowest BCUT2D eigenvalue weighted by Gasteiger charge is -2.26. The molecule has 6 heteroatoms. The minimum Gasteiger partial charge on any atom is -0.497 e. The molecule has 2 aromatic rings. The number of methoxy groups -OCH3 is 1. The number of nitrogens with zero attached hydrogens (tertiary/aromatic N) is 1. The molecule has 0 saturated heterocycles. The van der Waals surface area contributed by atoms with Crippen LogP contribution < -0.4 is 10.1 Å². The number of nitrogens with one attached hydrogen (secondary N) is 1. The molecule has 1 aromatic heterocycles. The van der Waals surface area contributed by atoms with Crippen molar-refractivity contribution in [3.8, 4) is 17.1 Å². The molecular weight excluding hydrogens is 308 g/mol. The van der Waals surface area contributed by atoms with Gasteiger partial charge in [-0.15, -0.1) is 0 Å². The van der Waals surface area contributed by atoms with Crippen molar-refractivity contribution in [2.24, 2.45) is 5.41 Å². The average molecular weight is 330 g/mol. The van der Waals surface area contributed by atoms with Crippen LogP contribution in [-0.2, 0) is 0 Å². The first-order valence-corrected chi connectivity index (χ1v) is 8.16. The zero-order valence-corrected chi connectivity index (χ0v) is 13.7. The van der Waals surface area contributed by atoms with Gasteiger partial charge in [0.1, 0.15) is 5.75 Å². The minimum absolute atomic E-state index is 0.100. The SMILES string of the molecule is COc1ccc(-c2cc(C(=O)NCC3(CO)CCCC3)no2)cc1. The second-order valence-electron chi connectivity index (χ2n) is 6.35. The zero-order valence-electron chi connectivity index (χ0n) is 13.7. The number of ether oxygens (including phenoxy) is 1. The van der Waals surface area contributed by atoms with Gasteiger partial charge in [0, 0.05) is 23.6 Å². The maximum Gasteiger partial charge on any atom is 0.273 e. The summed E-state index contributed by atoms with van der Waals surface area (Å²) in [6.07, 6.45) is 4.09. The van der Waals surface area contributed by atoms with Crippen molar-refractivity contribution in [2.45, 2.75) is 25.7 Å². The van der Waals surface area contributed by atoms with E-state index in [2.05, 4.69) is 10.5 Å². The number of aromatic nitrogens is 1. The highest BCUT2D eigenvalue weighted by Crippen LogP contribution is 2.37. The van der Waals surface area contributed by atoms with Crippen LogP contribution in [0.4, 0.5) is 0 Å². The molecule has 1 aliphatic carbocycles. The molecule has 0 spiro atoms. The Morgan fingerprint density at radius 3 is 2.67 bits per heavy atom. The predicted octanol–water partition coefficient (Wildman–Crippen LogP) is 2.63. The largest absolute Gasteiger partial charge is 0.497 e. The molecule has 0 unspecified atom stereocenters. The van der Waals surface area contributed by atoms with Crippen LogP contribution >= 0.6 is 0 Å². The molecule has 0 aliphatic heterocycles. The van der Waals surface area contributed by atoms with E-state index in [0.29, 0.717) is 12.3 Å². The van der Waals surface area contributed by atoms with Crippen molar-refractivity contribution in [1.29, 1.82) is 0 Å². The van der Waals surface area contributed by atoms with E-state index in [9.17, 15) is 9.90 Å². The molecule has 6 nitrogen and oxygen atoms in total. The first kappa shape index (κ1) is 16.5. The highest BCUT2D eigenvalue weighted by Gasteiger charge is 2.33. The predicted molar refractivity (Wildman–Crippen MR) is 88.8 cm³/mol. The smallest absolute Gasteiger partial charge is 0.273 e. The van der Waals surface area contributed by atoms with Crippen molar-refractivity contribution in [3.63, 3.8) is 0 Å². The Kier molecular flexibility index (Phi) is 4.85. The fraction of sp³-hybridized carbons (Fsp3) is 0.444. The normalized spacial score (nSPS) is 16.1. The van der Waals surface area contributed by atoms with Crippen molar-refractivity contribution in [1.82, 2.24) is 10.5 Å². The number of aliphatic hydroxyl groups excluding tert-OH is 1. The molecule has 0 bridgehead atoms. The summed E-state index contributed by atoms with van der Waals surface area (Å²) in [5.41, 5.74) is 0.884. The Balaban J connectivity index is 1.64. The monoisotopic (exact) mass is 330 g/mol. The summed E-state index contributed by atoms with van der Waals surface area (Å²) in [5.74, 6) is 1.00. The van der Waals surface area contributed by atoms with Gasteiger partial charge < -0.3 is 19.7 Å². The van der Waals surface area contributed by atoms with Gasteiger partial charge in [0.25, 0.3) is 5.91 Å². The summed E-state index contributed by atoms with van der Waals surface area (Å²) in [6.45, 7) is 0.566. The second kappa shape index (κ2) is 7.05. The van der Waals surface area contributed by atoms with Gasteiger partial charge in [0.15, 0.2) is 11.5 Å². The zero-order chi connectivity index (χ0) is 17.0. The van der Waals surface area contributed by atoms with E-state index >= 15 is 0 Å². The number of benzene rings is 1. The quantitative estimate of drug-likeness (QED) is 0.850. The van der Waals surface area contributed by atoms with Gasteiger partial charge in [-0.3, -0.25) is 4.79 Å². The molecule has 3 rings (SSSR count). The van der Waals surface area contributed by atoms with Gasteiger partial charge in [-0.05, 0) is 37.1 Å². The van der Waals surface area contributed by atoms with Crippen molar-refractivity contribution in [3.05, 3.63) is 36.0 Å². The van der Waals surface area contributed by atoms with E-state index in [1.807, 2.05) is 24.3 Å². The van der Waals surface area contributed by atoms with E-state index in [1.54, 1.807) is 13.2 Å². The fourth-order valence-electron chi connectivity index (χ4n) is 3.15. The third kappa shape index (κ3) is 3.43. The number of hydrogen-bond donors (Lipinski definition) is 2. The van der Waals surface area contributed by atoms with E-state index < -0.39 is 0 Å². The molecule has 1 amide bonds. The fourth-order valence-corrected chi connectivity index (χ4v) is 3.15. The summed E-state index contributed by atoms with van der Waals surface area (Å²) in [5, 5.41) is 16.3. The molecule has 1 saturated carbocycles. The molecule has 0 atom stereocenters. The molecule has 1 aliphatic rings. The highest BCUT2D eigenvalue weighted by molar-refractivity contribution is 5.93. The molecule has 128 valence electrons. The lowest BCUT2D eigenvalue weighted by atomic mass is 9.87. The van der Waals surface area contributed by atoms with Crippen molar-refractivity contribution < 1.29 is 19.2 Å². The summed E-state index contributed by atoms with van der Waals surface area (Å²) in [6, 6.07) is 8.96. The average Bonchev–Trinajstić information content (AvgIpc) is 3.30. The van der Waals surface area contributed by atoms with E-state index in [4.69, 9.17) is 9.26 Å². The third-order valence-corrected chi connectivity index (χ3v) is 4.74. The van der Waals surface area contributed by atoms with Gasteiger partial charge in [0.2, 0.25) is 0 Å². The molecule has 24 heavy (non-hydrogen) atoms. The van der Waals surface area contributed by atoms with Gasteiger partial charge in [0.05, 0.1) is 13.7 Å². The van der Waals surface area contributed by atoms with Gasteiger partial charge >= 0.3 is 0 Å². The lowest BCUT2D eigenvalue weighted by molar-refractivity contribution is 0.0872. The Morgan fingerprint density at radius 1 is 1.33 bits per heavy atom. The van der Waals surface area contributed by atoms with Gasteiger partial charge in [-0.1, -0.05) is 18.0 Å². The molecule has 2 N–H and O–H groups in total. The molecule has 1 heterocycles. The summed E-state index contributed by atoms with van der Waals surface area (Å²) in [4.78, 5) is 12.3. The number of amides is 1. The maximum absolute atomic E-state index is 12.3. The summed E-state index contributed by atoms with van der Waals surface area (Å²) in [7, 11) is 1.61. The second-order valence-corrected chi connectivity index (χ2v) is 6.35. The maximum atomic E-state index is 12.3. The number of rotatable bonds is 6. The van der Waals surface area contributed by atoms with Crippen molar-refractivity contribution in [2.75, 3.05) is 20.3 Å². The first-order valence-electron chi connectivity index (χ1n) is 8.16. The van der Waals surface area contributed by atoms with Crippen LogP contribution in [-0.4, -0.2) is 36.4 Å². The van der Waals surface area contributed by atoms with Crippen LogP contribution in [0.2, 0.25) is 0 Å². The summed E-state index contributed by atoms with van der Waals surface area (Å²) < 4.78 is 10.4. The van der Waals surface area contributed by atoms with Crippen LogP contribution in [0.1, 0.15) is 36.2 Å². The molecule has 1 aromatic carbocycles. The topological polar surface area (TPSA) is 84.6 Å². The van der Waals surface area contributed by atoms with Crippen LogP contribution in [0.3, 0.4) is 0 Å². The number of hydrogen-bond acceptors (Lipinski definition) is 5. The Hall–Kier alpha value is -2.34. The van der Waals surface area contributed by atoms with Crippen LogP contribution in [0.25, 0.3) is 11.3 Å². The molecular formula is C18H22N2O4. The highest BCUT2D eigenvalue weighted by atomic mass is 16.5. The van der Waals surface area contributed by atoms with Crippen LogP contribution in [0.5, 0.6) is 5.75 Å². The number of aliphatic hydroxyl groups is 1. The standard InChI is InChI=1S/C18H22N2O4/c1-23-14-6-4-13(5-7-14)16-10-15(20-24-16)17(22)19-11-18(12-21)8-2-3-9-18/h4-7,10,21H,2-3,8-9,11-12H2,1H3,(H,19,22). The lowest BCUT2D eigenvalue weighted by Crippen LogP contribution is -2.38. The van der Waals surface area contributed by atoms with Gasteiger partial charge in [-0.2, -0.15) is 0 Å². The van der Waals surface area contributed by atoms with E-state index in [0.717, 1.165) is 37.0 Å². The Labute approximate surface area is 140 Å². The summed E-state index contributed by atoms with van der Waals surface area (Å²) >= 11 is 0. The van der Waals surface area contributed by atoms with E-state index in [1.165, 1.54) is 0 Å².